The van der Waals surface area contributed by atoms with E-state index in [9.17, 15) is 30.3 Å². The number of aliphatic hydroxyl groups is 5. The lowest BCUT2D eigenvalue weighted by atomic mass is 9.99. The molecule has 2 unspecified atom stereocenters. The highest BCUT2D eigenvalue weighted by Crippen LogP contribution is 2.23. The molecule has 1 heterocycles. The Morgan fingerprint density at radius 1 is 0.462 bits per heavy atom. The molecule has 1 aliphatic rings. The van der Waals surface area contributed by atoms with Gasteiger partial charge in [-0.2, -0.15) is 0 Å². The van der Waals surface area contributed by atoms with Crippen LogP contribution < -0.4 is 5.32 Å². The lowest BCUT2D eigenvalue weighted by Gasteiger charge is -2.40. The molecule has 0 radical (unpaired) electrons. The van der Waals surface area contributed by atoms with E-state index < -0.39 is 49.5 Å². The molecule has 0 aliphatic carbocycles. The summed E-state index contributed by atoms with van der Waals surface area (Å²) in [5.74, 6) is -0.137. The summed E-state index contributed by atoms with van der Waals surface area (Å²) in [6.45, 7) is 3.87. The molecule has 388 valence electrons. The molecule has 0 aromatic carbocycles. The van der Waals surface area contributed by atoms with E-state index in [-0.39, 0.29) is 12.5 Å². The molecule has 1 rings (SSSR count). The number of carbonyl (C=O) groups is 1. The van der Waals surface area contributed by atoms with Crippen molar-refractivity contribution in [1.82, 2.24) is 5.32 Å². The number of hydrogen-bond donors (Lipinski definition) is 6. The molecule has 9 heteroatoms. The highest BCUT2D eigenvalue weighted by molar-refractivity contribution is 5.76. The average molecular weight is 927 g/mol. The molecule has 1 amide bonds. The maximum Gasteiger partial charge on any atom is 0.220 e. The fourth-order valence-corrected chi connectivity index (χ4v) is 9.64. The zero-order chi connectivity index (χ0) is 47.3. The van der Waals surface area contributed by atoms with E-state index in [0.717, 1.165) is 38.5 Å². The standard InChI is InChI=1S/C56H111NO8/c1-3-5-7-9-11-13-15-17-19-20-21-22-23-24-25-26-27-28-29-30-31-32-34-36-38-40-42-44-46-52(60)57-49(48-64-56-55(63)54(62)53(61)51(47-58)65-56)50(59)45-43-41-39-37-35-33-18-16-14-12-10-8-6-4-2/h49-51,53-56,58-59,61-63H,3-48H2,1-2H3,(H,57,60)/t49-,50+,51+,53+,54?,55?,56+/m0/s1. The van der Waals surface area contributed by atoms with Gasteiger partial charge < -0.3 is 40.3 Å². The second-order valence-electron chi connectivity index (χ2n) is 20.5. The van der Waals surface area contributed by atoms with E-state index in [2.05, 4.69) is 19.2 Å². The van der Waals surface area contributed by atoms with Crippen molar-refractivity contribution in [2.24, 2.45) is 0 Å². The van der Waals surface area contributed by atoms with Crippen LogP contribution in [0.1, 0.15) is 296 Å². The fraction of sp³-hybridized carbons (Fsp3) is 0.982. The van der Waals surface area contributed by atoms with Crippen molar-refractivity contribution < 1.29 is 39.8 Å². The molecule has 65 heavy (non-hydrogen) atoms. The molecule has 1 aliphatic heterocycles. The lowest BCUT2D eigenvalue weighted by Crippen LogP contribution is -2.60. The summed E-state index contributed by atoms with van der Waals surface area (Å²) in [6.07, 6.45) is 48.5. The number of aliphatic hydroxyl groups excluding tert-OH is 5. The molecule has 9 nitrogen and oxygen atoms in total. The predicted octanol–water partition coefficient (Wildman–Crippen LogP) is 13.9. The van der Waals surface area contributed by atoms with E-state index in [4.69, 9.17) is 9.47 Å². The summed E-state index contributed by atoms with van der Waals surface area (Å²) in [5, 5.41) is 54.6. The third-order valence-corrected chi connectivity index (χ3v) is 14.2. The number of amides is 1. The third kappa shape index (κ3) is 36.8. The SMILES string of the molecule is CCCCCCCCCCCCCCCCCCCCCCCCCCCCCCC(=O)N[C@@H](CO[C@@H]1O[C@H](CO)[C@@H](O)C(O)C1O)[C@H](O)CCCCCCCCCCCCCCCC. The number of carbonyl (C=O) groups excluding carboxylic acids is 1. The van der Waals surface area contributed by atoms with Gasteiger partial charge in [-0.15, -0.1) is 0 Å². The summed E-state index contributed by atoms with van der Waals surface area (Å²) in [7, 11) is 0. The second-order valence-corrected chi connectivity index (χ2v) is 20.5. The molecule has 0 saturated carbocycles. The van der Waals surface area contributed by atoms with Crippen LogP contribution >= 0.6 is 0 Å². The van der Waals surface area contributed by atoms with E-state index >= 15 is 0 Å². The minimum atomic E-state index is -1.55. The lowest BCUT2D eigenvalue weighted by molar-refractivity contribution is -0.302. The fourth-order valence-electron chi connectivity index (χ4n) is 9.64. The molecule has 1 fully saturated rings. The van der Waals surface area contributed by atoms with Crippen molar-refractivity contribution in [1.29, 1.82) is 0 Å². The van der Waals surface area contributed by atoms with Gasteiger partial charge in [0.2, 0.25) is 5.91 Å². The quantitative estimate of drug-likeness (QED) is 0.0330. The van der Waals surface area contributed by atoms with Crippen molar-refractivity contribution in [2.75, 3.05) is 13.2 Å². The number of rotatable bonds is 50. The van der Waals surface area contributed by atoms with Crippen LogP contribution in [-0.2, 0) is 14.3 Å². The maximum absolute atomic E-state index is 13.1. The first-order chi connectivity index (χ1) is 31.8. The van der Waals surface area contributed by atoms with Crippen molar-refractivity contribution in [3.8, 4) is 0 Å². The highest BCUT2D eigenvalue weighted by Gasteiger charge is 2.44. The van der Waals surface area contributed by atoms with Crippen LogP contribution in [0, 0.1) is 0 Å². The third-order valence-electron chi connectivity index (χ3n) is 14.2. The van der Waals surface area contributed by atoms with Gasteiger partial charge in [-0.1, -0.05) is 277 Å². The van der Waals surface area contributed by atoms with E-state index in [1.807, 2.05) is 0 Å². The van der Waals surface area contributed by atoms with Crippen molar-refractivity contribution >= 4 is 5.91 Å². The molecular weight excluding hydrogens is 815 g/mol. The predicted molar refractivity (Wildman–Crippen MR) is 272 cm³/mol. The summed E-state index contributed by atoms with van der Waals surface area (Å²) < 4.78 is 11.3. The Kier molecular flexibility index (Phi) is 44.9. The topological polar surface area (TPSA) is 149 Å². The molecule has 0 bridgehead atoms. The van der Waals surface area contributed by atoms with Gasteiger partial charge in [-0.25, -0.2) is 0 Å². The summed E-state index contributed by atoms with van der Waals surface area (Å²) in [6, 6.07) is -0.712. The Morgan fingerprint density at radius 3 is 1.09 bits per heavy atom. The molecule has 1 saturated heterocycles. The van der Waals surface area contributed by atoms with Crippen LogP contribution in [0.5, 0.6) is 0 Å². The zero-order valence-corrected chi connectivity index (χ0v) is 43.0. The Bertz CT molecular complexity index is 986. The van der Waals surface area contributed by atoms with Crippen LogP contribution in [0.4, 0.5) is 0 Å². The van der Waals surface area contributed by atoms with Gasteiger partial charge in [-0.3, -0.25) is 4.79 Å². The number of nitrogens with one attached hydrogen (secondary N) is 1. The Hall–Kier alpha value is -0.810. The highest BCUT2D eigenvalue weighted by atomic mass is 16.7. The van der Waals surface area contributed by atoms with E-state index in [1.54, 1.807) is 0 Å². The smallest absolute Gasteiger partial charge is 0.220 e. The Labute approximate surface area is 402 Å². The van der Waals surface area contributed by atoms with E-state index in [1.165, 1.54) is 231 Å². The van der Waals surface area contributed by atoms with Crippen LogP contribution in [0.3, 0.4) is 0 Å². The normalized spacial score (nSPS) is 19.8. The summed E-state index contributed by atoms with van der Waals surface area (Å²) in [4.78, 5) is 13.1. The maximum atomic E-state index is 13.1. The van der Waals surface area contributed by atoms with Crippen molar-refractivity contribution in [3.63, 3.8) is 0 Å². The van der Waals surface area contributed by atoms with Crippen molar-refractivity contribution in [2.45, 2.75) is 339 Å². The van der Waals surface area contributed by atoms with Gasteiger partial charge in [0.25, 0.3) is 0 Å². The number of ether oxygens (including phenoxy) is 2. The average Bonchev–Trinajstić information content (AvgIpc) is 3.31. The van der Waals surface area contributed by atoms with Crippen LogP contribution in [0.15, 0.2) is 0 Å². The molecule has 0 aromatic rings. The van der Waals surface area contributed by atoms with Crippen LogP contribution in [0.25, 0.3) is 0 Å². The van der Waals surface area contributed by atoms with Crippen LogP contribution in [-0.4, -0.2) is 87.5 Å². The first-order valence-electron chi connectivity index (χ1n) is 28.7. The zero-order valence-electron chi connectivity index (χ0n) is 43.0. The van der Waals surface area contributed by atoms with Crippen molar-refractivity contribution in [3.05, 3.63) is 0 Å². The largest absolute Gasteiger partial charge is 0.394 e. The summed E-state index contributed by atoms with van der Waals surface area (Å²) >= 11 is 0. The van der Waals surface area contributed by atoms with Crippen LogP contribution in [0.2, 0.25) is 0 Å². The monoisotopic (exact) mass is 926 g/mol. The Morgan fingerprint density at radius 2 is 0.769 bits per heavy atom. The van der Waals surface area contributed by atoms with Gasteiger partial charge in [0.05, 0.1) is 25.4 Å². The van der Waals surface area contributed by atoms with Gasteiger partial charge >= 0.3 is 0 Å². The van der Waals surface area contributed by atoms with Gasteiger partial charge in [0, 0.05) is 6.42 Å². The molecule has 0 spiro atoms. The molecule has 0 aromatic heterocycles. The molecular formula is C56H111NO8. The number of hydrogen-bond acceptors (Lipinski definition) is 8. The summed E-state index contributed by atoms with van der Waals surface area (Å²) in [5.41, 5.74) is 0. The minimum absolute atomic E-state index is 0.131. The van der Waals surface area contributed by atoms with E-state index in [0.29, 0.717) is 12.8 Å². The van der Waals surface area contributed by atoms with Gasteiger partial charge in [0.1, 0.15) is 24.4 Å². The molecule has 7 atom stereocenters. The van der Waals surface area contributed by atoms with Gasteiger partial charge in [-0.05, 0) is 12.8 Å². The number of unbranched alkanes of at least 4 members (excludes halogenated alkanes) is 40. The Balaban J connectivity index is 2.13. The van der Waals surface area contributed by atoms with Gasteiger partial charge in [0.15, 0.2) is 6.29 Å². The first-order valence-corrected chi connectivity index (χ1v) is 28.7. The second kappa shape index (κ2) is 46.9. The molecule has 6 N–H and O–H groups in total. The first kappa shape index (κ1) is 62.2. The minimum Gasteiger partial charge on any atom is -0.394 e.